The molecule has 2 heterocycles. The standard InChI is InChI=1S/C16H15F2N5O2/c17-12-2-1-11(7-13(12)18)21-16(25)14-8-15(20-9-19-14)23-5-3-22(10-24)4-6-23/h1-2,7-10H,3-6H2,(H,21,25). The number of piperazine rings is 1. The summed E-state index contributed by atoms with van der Waals surface area (Å²) in [5, 5.41) is 2.46. The van der Waals surface area contributed by atoms with Gasteiger partial charge in [0.1, 0.15) is 17.8 Å². The highest BCUT2D eigenvalue weighted by Crippen LogP contribution is 2.16. The summed E-state index contributed by atoms with van der Waals surface area (Å²) >= 11 is 0. The molecule has 2 aromatic rings. The molecule has 0 saturated carbocycles. The summed E-state index contributed by atoms with van der Waals surface area (Å²) in [5.41, 5.74) is 0.233. The Hall–Kier alpha value is -3.10. The number of benzene rings is 1. The summed E-state index contributed by atoms with van der Waals surface area (Å²) in [5.74, 6) is -2.02. The Labute approximate surface area is 142 Å². The van der Waals surface area contributed by atoms with E-state index in [2.05, 4.69) is 15.3 Å². The van der Waals surface area contributed by atoms with Crippen LogP contribution >= 0.6 is 0 Å². The van der Waals surface area contributed by atoms with Crippen molar-refractivity contribution in [1.29, 1.82) is 0 Å². The smallest absolute Gasteiger partial charge is 0.274 e. The van der Waals surface area contributed by atoms with Gasteiger partial charge in [0.05, 0.1) is 0 Å². The number of hydrogen-bond acceptors (Lipinski definition) is 5. The number of nitrogens with zero attached hydrogens (tertiary/aromatic N) is 4. The first-order valence-electron chi connectivity index (χ1n) is 7.59. The maximum absolute atomic E-state index is 13.2. The van der Waals surface area contributed by atoms with Gasteiger partial charge in [0.15, 0.2) is 11.6 Å². The van der Waals surface area contributed by atoms with Crippen molar-refractivity contribution in [2.24, 2.45) is 0 Å². The first-order valence-corrected chi connectivity index (χ1v) is 7.59. The van der Waals surface area contributed by atoms with Crippen LogP contribution in [0.4, 0.5) is 20.3 Å². The molecule has 0 radical (unpaired) electrons. The van der Waals surface area contributed by atoms with Gasteiger partial charge in [-0.25, -0.2) is 18.7 Å². The fourth-order valence-corrected chi connectivity index (χ4v) is 2.47. The van der Waals surface area contributed by atoms with Gasteiger partial charge in [0, 0.05) is 44.0 Å². The first-order chi connectivity index (χ1) is 12.1. The lowest BCUT2D eigenvalue weighted by Crippen LogP contribution is -2.46. The van der Waals surface area contributed by atoms with Crippen molar-refractivity contribution in [3.05, 3.63) is 47.9 Å². The van der Waals surface area contributed by atoms with Gasteiger partial charge in [-0.05, 0) is 12.1 Å². The zero-order valence-electron chi connectivity index (χ0n) is 13.2. The van der Waals surface area contributed by atoms with Gasteiger partial charge >= 0.3 is 0 Å². The molecule has 130 valence electrons. The molecular formula is C16H15F2N5O2. The molecule has 1 aliphatic heterocycles. The van der Waals surface area contributed by atoms with Gasteiger partial charge in [-0.2, -0.15) is 0 Å². The number of aromatic nitrogens is 2. The van der Waals surface area contributed by atoms with E-state index in [9.17, 15) is 18.4 Å². The molecule has 2 amide bonds. The van der Waals surface area contributed by atoms with E-state index in [1.807, 2.05) is 4.90 Å². The van der Waals surface area contributed by atoms with Crippen LogP contribution in [0.25, 0.3) is 0 Å². The molecule has 1 aliphatic rings. The summed E-state index contributed by atoms with van der Waals surface area (Å²) < 4.78 is 26.1. The summed E-state index contributed by atoms with van der Waals surface area (Å²) in [6.07, 6.45) is 2.07. The molecule has 0 atom stereocenters. The molecule has 9 heteroatoms. The molecule has 0 aliphatic carbocycles. The van der Waals surface area contributed by atoms with Crippen LogP contribution in [0.2, 0.25) is 0 Å². The third-order valence-electron chi connectivity index (χ3n) is 3.85. The largest absolute Gasteiger partial charge is 0.353 e. The Morgan fingerprint density at radius 1 is 1.08 bits per heavy atom. The monoisotopic (exact) mass is 347 g/mol. The lowest BCUT2D eigenvalue weighted by molar-refractivity contribution is -0.118. The van der Waals surface area contributed by atoms with Crippen molar-refractivity contribution in [2.45, 2.75) is 0 Å². The van der Waals surface area contributed by atoms with Crippen LogP contribution in [-0.4, -0.2) is 53.4 Å². The van der Waals surface area contributed by atoms with Gasteiger partial charge in [-0.15, -0.1) is 0 Å². The summed E-state index contributed by atoms with van der Waals surface area (Å²) in [4.78, 5) is 34.7. The Morgan fingerprint density at radius 3 is 2.52 bits per heavy atom. The van der Waals surface area contributed by atoms with E-state index in [0.717, 1.165) is 18.5 Å². The summed E-state index contributed by atoms with van der Waals surface area (Å²) in [6, 6.07) is 4.61. The predicted octanol–water partition coefficient (Wildman–Crippen LogP) is 1.29. The molecule has 3 rings (SSSR count). The lowest BCUT2D eigenvalue weighted by atomic mass is 10.2. The van der Waals surface area contributed by atoms with Crippen LogP contribution < -0.4 is 10.2 Å². The molecule has 1 N–H and O–H groups in total. The van der Waals surface area contributed by atoms with E-state index < -0.39 is 17.5 Å². The molecule has 1 aromatic heterocycles. The Morgan fingerprint density at radius 2 is 1.84 bits per heavy atom. The minimum absolute atomic E-state index is 0.104. The number of halogens is 2. The number of amides is 2. The molecule has 0 unspecified atom stereocenters. The van der Waals surface area contributed by atoms with Crippen molar-refractivity contribution in [2.75, 3.05) is 36.4 Å². The van der Waals surface area contributed by atoms with E-state index in [-0.39, 0.29) is 11.4 Å². The van der Waals surface area contributed by atoms with Crippen LogP contribution in [0.3, 0.4) is 0 Å². The normalized spacial score (nSPS) is 14.3. The first kappa shape index (κ1) is 16.7. The summed E-state index contributed by atoms with van der Waals surface area (Å²) in [7, 11) is 0. The molecule has 0 bridgehead atoms. The average molecular weight is 347 g/mol. The molecular weight excluding hydrogens is 332 g/mol. The second kappa shape index (κ2) is 7.20. The zero-order chi connectivity index (χ0) is 17.8. The number of carbonyl (C=O) groups excluding carboxylic acids is 2. The third kappa shape index (κ3) is 3.87. The van der Waals surface area contributed by atoms with Gasteiger partial charge in [0.2, 0.25) is 6.41 Å². The molecule has 7 nitrogen and oxygen atoms in total. The predicted molar refractivity (Wildman–Crippen MR) is 86.2 cm³/mol. The second-order valence-electron chi connectivity index (χ2n) is 5.47. The van der Waals surface area contributed by atoms with Crippen molar-refractivity contribution >= 4 is 23.8 Å². The maximum Gasteiger partial charge on any atom is 0.274 e. The van der Waals surface area contributed by atoms with E-state index in [4.69, 9.17) is 0 Å². The number of carbonyl (C=O) groups is 2. The van der Waals surface area contributed by atoms with Crippen molar-refractivity contribution in [3.63, 3.8) is 0 Å². The molecule has 25 heavy (non-hydrogen) atoms. The number of hydrogen-bond donors (Lipinski definition) is 1. The molecule has 0 spiro atoms. The third-order valence-corrected chi connectivity index (χ3v) is 3.85. The Balaban J connectivity index is 1.71. The maximum atomic E-state index is 13.2. The molecule has 1 fully saturated rings. The highest BCUT2D eigenvalue weighted by Gasteiger charge is 2.18. The number of rotatable bonds is 4. The topological polar surface area (TPSA) is 78.4 Å². The van der Waals surface area contributed by atoms with Gasteiger partial charge < -0.3 is 15.1 Å². The van der Waals surface area contributed by atoms with Crippen LogP contribution in [0, 0.1) is 11.6 Å². The summed E-state index contributed by atoms with van der Waals surface area (Å²) in [6.45, 7) is 2.34. The molecule has 1 aromatic carbocycles. The second-order valence-corrected chi connectivity index (χ2v) is 5.47. The Kier molecular flexibility index (Phi) is 4.82. The van der Waals surface area contributed by atoms with Gasteiger partial charge in [-0.1, -0.05) is 0 Å². The van der Waals surface area contributed by atoms with E-state index >= 15 is 0 Å². The fraction of sp³-hybridized carbons (Fsp3) is 0.250. The zero-order valence-corrected chi connectivity index (χ0v) is 13.2. The SMILES string of the molecule is O=CN1CCN(c2cc(C(=O)Nc3ccc(F)c(F)c3)ncn2)CC1. The fourth-order valence-electron chi connectivity index (χ4n) is 2.47. The molecule has 1 saturated heterocycles. The van der Waals surface area contributed by atoms with E-state index in [0.29, 0.717) is 32.0 Å². The van der Waals surface area contributed by atoms with Crippen molar-refractivity contribution in [3.8, 4) is 0 Å². The van der Waals surface area contributed by atoms with E-state index in [1.165, 1.54) is 18.5 Å². The van der Waals surface area contributed by atoms with Crippen LogP contribution in [0.5, 0.6) is 0 Å². The van der Waals surface area contributed by atoms with Crippen molar-refractivity contribution in [1.82, 2.24) is 14.9 Å². The average Bonchev–Trinajstić information content (AvgIpc) is 2.65. The van der Waals surface area contributed by atoms with Crippen LogP contribution in [-0.2, 0) is 4.79 Å². The highest BCUT2D eigenvalue weighted by molar-refractivity contribution is 6.03. The Bertz CT molecular complexity index is 794. The van der Waals surface area contributed by atoms with Crippen LogP contribution in [0.1, 0.15) is 10.5 Å². The number of nitrogens with one attached hydrogen (secondary N) is 1. The minimum Gasteiger partial charge on any atom is -0.353 e. The minimum atomic E-state index is -1.05. The number of anilines is 2. The highest BCUT2D eigenvalue weighted by atomic mass is 19.2. The van der Waals surface area contributed by atoms with Gasteiger partial charge in [-0.3, -0.25) is 9.59 Å². The quantitative estimate of drug-likeness (QED) is 0.843. The van der Waals surface area contributed by atoms with Gasteiger partial charge in [0.25, 0.3) is 5.91 Å². The van der Waals surface area contributed by atoms with Crippen LogP contribution in [0.15, 0.2) is 30.6 Å². The van der Waals surface area contributed by atoms with Crippen molar-refractivity contribution < 1.29 is 18.4 Å². The lowest BCUT2D eigenvalue weighted by Gasteiger charge is -2.33. The van der Waals surface area contributed by atoms with E-state index in [1.54, 1.807) is 4.90 Å².